The van der Waals surface area contributed by atoms with E-state index >= 15 is 0 Å². The zero-order chi connectivity index (χ0) is 20.8. The summed E-state index contributed by atoms with van der Waals surface area (Å²) in [7, 11) is 1.69. The van der Waals surface area contributed by atoms with Crippen LogP contribution in [0.1, 0.15) is 48.0 Å². The van der Waals surface area contributed by atoms with E-state index < -0.39 is 0 Å². The molecule has 0 bridgehead atoms. The normalized spacial score (nSPS) is 18.2. The van der Waals surface area contributed by atoms with Gasteiger partial charge in [-0.3, -0.25) is 9.69 Å². The second-order valence-corrected chi connectivity index (χ2v) is 8.32. The van der Waals surface area contributed by atoms with Gasteiger partial charge in [0.2, 0.25) is 0 Å². The third-order valence-electron chi connectivity index (χ3n) is 6.15. The van der Waals surface area contributed by atoms with Crippen molar-refractivity contribution in [1.82, 2.24) is 9.80 Å². The first kappa shape index (κ1) is 20.7. The molecular formula is C25H32N2O3. The monoisotopic (exact) mass is 408 g/mol. The molecule has 2 fully saturated rings. The maximum absolute atomic E-state index is 13.0. The van der Waals surface area contributed by atoms with Crippen LogP contribution < -0.4 is 9.47 Å². The van der Waals surface area contributed by atoms with Gasteiger partial charge in [-0.25, -0.2) is 0 Å². The second-order valence-electron chi connectivity index (χ2n) is 8.32. The molecule has 2 aromatic carbocycles. The first-order valence-electron chi connectivity index (χ1n) is 11.1. The molecule has 2 aromatic rings. The minimum absolute atomic E-state index is 0.119. The quantitative estimate of drug-likeness (QED) is 0.712. The summed E-state index contributed by atoms with van der Waals surface area (Å²) in [5, 5.41) is 0. The van der Waals surface area contributed by atoms with Gasteiger partial charge < -0.3 is 14.4 Å². The highest BCUT2D eigenvalue weighted by molar-refractivity contribution is 5.94. The largest absolute Gasteiger partial charge is 0.497 e. The van der Waals surface area contributed by atoms with Gasteiger partial charge in [0.05, 0.1) is 13.2 Å². The van der Waals surface area contributed by atoms with Gasteiger partial charge in [0, 0.05) is 38.3 Å². The average Bonchev–Trinajstić information content (AvgIpc) is 3.18. The van der Waals surface area contributed by atoms with Crippen LogP contribution in [0.2, 0.25) is 0 Å². The molecule has 1 aliphatic carbocycles. The molecule has 4 rings (SSSR count). The maximum Gasteiger partial charge on any atom is 0.253 e. The van der Waals surface area contributed by atoms with Crippen molar-refractivity contribution in [3.8, 4) is 11.5 Å². The highest BCUT2D eigenvalue weighted by Gasteiger charge is 2.21. The van der Waals surface area contributed by atoms with Gasteiger partial charge in [-0.1, -0.05) is 12.1 Å². The molecule has 0 atom stereocenters. The van der Waals surface area contributed by atoms with E-state index in [0.717, 1.165) is 69.0 Å². The summed E-state index contributed by atoms with van der Waals surface area (Å²) in [4.78, 5) is 17.4. The Morgan fingerprint density at radius 2 is 1.57 bits per heavy atom. The second kappa shape index (κ2) is 9.98. The van der Waals surface area contributed by atoms with E-state index in [9.17, 15) is 4.79 Å². The molecule has 1 amide bonds. The summed E-state index contributed by atoms with van der Waals surface area (Å²) < 4.78 is 11.3. The Kier molecular flexibility index (Phi) is 6.90. The van der Waals surface area contributed by atoms with Crippen molar-refractivity contribution in [1.29, 1.82) is 0 Å². The zero-order valence-corrected chi connectivity index (χ0v) is 17.9. The standard InChI is InChI=1S/C25H32N2O3/c1-29-22-11-7-20(8-12-22)19-26-15-4-16-27(18-17-26)25(28)21-9-13-24(14-10-21)30-23-5-2-3-6-23/h7-14,23H,2-6,15-19H2,1H3. The number of amides is 1. The lowest BCUT2D eigenvalue weighted by atomic mass is 10.2. The lowest BCUT2D eigenvalue weighted by Crippen LogP contribution is -2.35. The molecule has 5 heteroatoms. The van der Waals surface area contributed by atoms with E-state index in [0.29, 0.717) is 6.10 Å². The van der Waals surface area contributed by atoms with Gasteiger partial charge >= 0.3 is 0 Å². The molecule has 0 N–H and O–H groups in total. The Bertz CT molecular complexity index is 813. The molecule has 30 heavy (non-hydrogen) atoms. The van der Waals surface area contributed by atoms with Crippen LogP contribution in [0.15, 0.2) is 48.5 Å². The van der Waals surface area contributed by atoms with E-state index in [1.54, 1.807) is 7.11 Å². The molecule has 1 saturated heterocycles. The molecular weight excluding hydrogens is 376 g/mol. The maximum atomic E-state index is 13.0. The third kappa shape index (κ3) is 5.33. The number of nitrogens with zero attached hydrogens (tertiary/aromatic N) is 2. The molecule has 1 aliphatic heterocycles. The van der Waals surface area contributed by atoms with Crippen LogP contribution >= 0.6 is 0 Å². The number of hydrogen-bond donors (Lipinski definition) is 0. The number of methoxy groups -OCH3 is 1. The van der Waals surface area contributed by atoms with Crippen LogP contribution in [0.4, 0.5) is 0 Å². The summed E-state index contributed by atoms with van der Waals surface area (Å²) in [5.41, 5.74) is 2.02. The van der Waals surface area contributed by atoms with E-state index in [1.807, 2.05) is 41.3 Å². The molecule has 0 radical (unpaired) electrons. The van der Waals surface area contributed by atoms with Gasteiger partial charge in [0.15, 0.2) is 0 Å². The van der Waals surface area contributed by atoms with Crippen molar-refractivity contribution in [3.05, 3.63) is 59.7 Å². The van der Waals surface area contributed by atoms with Crippen molar-refractivity contribution in [2.45, 2.75) is 44.8 Å². The lowest BCUT2D eigenvalue weighted by Gasteiger charge is -2.22. The molecule has 0 unspecified atom stereocenters. The van der Waals surface area contributed by atoms with Crippen LogP contribution in [-0.2, 0) is 6.54 Å². The Morgan fingerprint density at radius 1 is 0.867 bits per heavy atom. The van der Waals surface area contributed by atoms with Crippen LogP contribution in [0.5, 0.6) is 11.5 Å². The SMILES string of the molecule is COc1ccc(CN2CCCN(C(=O)c3ccc(OC4CCCC4)cc3)CC2)cc1. The Balaban J connectivity index is 1.30. The number of carbonyl (C=O) groups is 1. The fourth-order valence-electron chi connectivity index (χ4n) is 4.38. The van der Waals surface area contributed by atoms with Gasteiger partial charge in [-0.2, -0.15) is 0 Å². The Hall–Kier alpha value is -2.53. The lowest BCUT2D eigenvalue weighted by molar-refractivity contribution is 0.0761. The molecule has 5 nitrogen and oxygen atoms in total. The number of benzene rings is 2. The highest BCUT2D eigenvalue weighted by atomic mass is 16.5. The van der Waals surface area contributed by atoms with Gasteiger partial charge in [-0.15, -0.1) is 0 Å². The Labute approximate surface area is 179 Å². The molecule has 160 valence electrons. The van der Waals surface area contributed by atoms with Crippen LogP contribution in [0, 0.1) is 0 Å². The van der Waals surface area contributed by atoms with Crippen molar-refractivity contribution in [3.63, 3.8) is 0 Å². The summed E-state index contributed by atoms with van der Waals surface area (Å²) >= 11 is 0. The smallest absolute Gasteiger partial charge is 0.253 e. The average molecular weight is 409 g/mol. The minimum Gasteiger partial charge on any atom is -0.497 e. The first-order valence-corrected chi connectivity index (χ1v) is 11.1. The van der Waals surface area contributed by atoms with Crippen molar-refractivity contribution in [2.75, 3.05) is 33.3 Å². The van der Waals surface area contributed by atoms with Crippen molar-refractivity contribution < 1.29 is 14.3 Å². The minimum atomic E-state index is 0.119. The third-order valence-corrected chi connectivity index (χ3v) is 6.15. The zero-order valence-electron chi connectivity index (χ0n) is 17.9. The predicted molar refractivity (Wildman–Crippen MR) is 118 cm³/mol. The molecule has 1 heterocycles. The molecule has 0 spiro atoms. The summed E-state index contributed by atoms with van der Waals surface area (Å²) in [6, 6.07) is 15.9. The summed E-state index contributed by atoms with van der Waals surface area (Å²) in [6.07, 6.45) is 6.12. The number of rotatable bonds is 6. The van der Waals surface area contributed by atoms with E-state index in [1.165, 1.54) is 18.4 Å². The fourth-order valence-corrected chi connectivity index (χ4v) is 4.38. The Morgan fingerprint density at radius 3 is 2.27 bits per heavy atom. The van der Waals surface area contributed by atoms with Gasteiger partial charge in [0.1, 0.15) is 11.5 Å². The summed E-state index contributed by atoms with van der Waals surface area (Å²) in [5.74, 6) is 1.87. The molecule has 0 aromatic heterocycles. The van der Waals surface area contributed by atoms with Crippen molar-refractivity contribution in [2.24, 2.45) is 0 Å². The fraction of sp³-hybridized carbons (Fsp3) is 0.480. The molecule has 1 saturated carbocycles. The van der Waals surface area contributed by atoms with Gasteiger partial charge in [0.25, 0.3) is 5.91 Å². The van der Waals surface area contributed by atoms with Gasteiger partial charge in [-0.05, 0) is 74.1 Å². The summed E-state index contributed by atoms with van der Waals surface area (Å²) in [6.45, 7) is 4.36. The predicted octanol–water partition coefficient (Wildman–Crippen LogP) is 4.36. The first-order chi connectivity index (χ1) is 14.7. The van der Waals surface area contributed by atoms with E-state index in [-0.39, 0.29) is 5.91 Å². The number of hydrogen-bond acceptors (Lipinski definition) is 4. The van der Waals surface area contributed by atoms with Crippen LogP contribution in [0.25, 0.3) is 0 Å². The van der Waals surface area contributed by atoms with E-state index in [2.05, 4.69) is 17.0 Å². The van der Waals surface area contributed by atoms with Crippen molar-refractivity contribution >= 4 is 5.91 Å². The topological polar surface area (TPSA) is 42.0 Å². The highest BCUT2D eigenvalue weighted by Crippen LogP contribution is 2.24. The number of carbonyl (C=O) groups excluding carboxylic acids is 1. The van der Waals surface area contributed by atoms with E-state index in [4.69, 9.17) is 9.47 Å². The number of ether oxygens (including phenoxy) is 2. The van der Waals surface area contributed by atoms with Crippen LogP contribution in [0.3, 0.4) is 0 Å². The molecule has 2 aliphatic rings. The van der Waals surface area contributed by atoms with Crippen LogP contribution in [-0.4, -0.2) is 55.1 Å².